The fraction of sp³-hybridized carbons (Fsp3) is 0.636. The molecule has 1 saturated carbocycles. The topological polar surface area (TPSA) is 39.2 Å². The van der Waals surface area contributed by atoms with E-state index in [4.69, 9.17) is 10.2 Å². The number of hydrogen-bond acceptors (Lipinski definition) is 2. The third-order valence-corrected chi connectivity index (χ3v) is 3.86. The van der Waals surface area contributed by atoms with Crippen LogP contribution in [0.2, 0.25) is 0 Å². The van der Waals surface area contributed by atoms with Crippen molar-refractivity contribution >= 4 is 15.9 Å². The van der Waals surface area contributed by atoms with E-state index in [1.54, 1.807) is 0 Å². The Kier molecular flexibility index (Phi) is 2.71. The molecule has 78 valence electrons. The highest BCUT2D eigenvalue weighted by Crippen LogP contribution is 2.44. The Morgan fingerprint density at radius 1 is 1.43 bits per heavy atom. The molecule has 1 fully saturated rings. The van der Waals surface area contributed by atoms with Gasteiger partial charge >= 0.3 is 0 Å². The van der Waals surface area contributed by atoms with Crippen LogP contribution in [0.15, 0.2) is 21.2 Å². The van der Waals surface area contributed by atoms with Gasteiger partial charge in [0.15, 0.2) is 4.67 Å². The summed E-state index contributed by atoms with van der Waals surface area (Å²) in [5.41, 5.74) is 6.19. The predicted octanol–water partition coefficient (Wildman–Crippen LogP) is 3.20. The second-order valence-corrected chi connectivity index (χ2v) is 5.04. The van der Waals surface area contributed by atoms with E-state index in [1.807, 2.05) is 6.07 Å². The smallest absolute Gasteiger partial charge is 0.169 e. The summed E-state index contributed by atoms with van der Waals surface area (Å²) in [6.45, 7) is 2.09. The maximum atomic E-state index is 6.10. The number of furan rings is 1. The molecule has 14 heavy (non-hydrogen) atoms. The van der Waals surface area contributed by atoms with Crippen molar-refractivity contribution in [2.24, 2.45) is 5.73 Å². The fourth-order valence-electron chi connectivity index (χ4n) is 2.51. The molecule has 2 rings (SSSR count). The van der Waals surface area contributed by atoms with Crippen molar-refractivity contribution in [2.45, 2.75) is 44.1 Å². The predicted molar refractivity (Wildman–Crippen MR) is 60.2 cm³/mol. The summed E-state index contributed by atoms with van der Waals surface area (Å²) in [5.74, 6) is 1.05. The summed E-state index contributed by atoms with van der Waals surface area (Å²) in [6.07, 6.45) is 4.84. The quantitative estimate of drug-likeness (QED) is 0.884. The lowest BCUT2D eigenvalue weighted by Crippen LogP contribution is -2.40. The molecule has 1 aliphatic rings. The Morgan fingerprint density at radius 2 is 2.07 bits per heavy atom. The lowest BCUT2D eigenvalue weighted by atomic mass is 9.77. The van der Waals surface area contributed by atoms with Gasteiger partial charge in [-0.3, -0.25) is 0 Å². The Balaban J connectivity index is 2.36. The molecule has 0 bridgehead atoms. The van der Waals surface area contributed by atoms with Crippen molar-refractivity contribution < 1.29 is 4.42 Å². The first-order chi connectivity index (χ1) is 6.65. The van der Waals surface area contributed by atoms with Crippen LogP contribution in [0.3, 0.4) is 0 Å². The van der Waals surface area contributed by atoms with Crippen LogP contribution in [-0.4, -0.2) is 6.04 Å². The molecular weight excluding hydrogens is 242 g/mol. The molecule has 3 heteroatoms. The number of hydrogen-bond donors (Lipinski definition) is 1. The van der Waals surface area contributed by atoms with Crippen molar-refractivity contribution in [2.75, 3.05) is 0 Å². The molecule has 1 atom stereocenters. The summed E-state index contributed by atoms with van der Waals surface area (Å²) < 4.78 is 6.47. The molecule has 2 nitrogen and oxygen atoms in total. The minimum Gasteiger partial charge on any atom is -0.454 e. The van der Waals surface area contributed by atoms with Crippen molar-refractivity contribution in [3.63, 3.8) is 0 Å². The molecule has 1 heterocycles. The average molecular weight is 258 g/mol. The summed E-state index contributed by atoms with van der Waals surface area (Å²) in [6, 6.07) is 4.18. The fourth-order valence-corrected chi connectivity index (χ4v) is 2.82. The lowest BCUT2D eigenvalue weighted by Gasteiger charge is -2.30. The van der Waals surface area contributed by atoms with Crippen LogP contribution in [0.5, 0.6) is 0 Å². The third-order valence-electron chi connectivity index (χ3n) is 3.43. The number of nitrogens with two attached hydrogens (primary N) is 1. The minimum absolute atomic E-state index is 0.0893. The zero-order valence-electron chi connectivity index (χ0n) is 8.42. The van der Waals surface area contributed by atoms with E-state index in [-0.39, 0.29) is 11.5 Å². The van der Waals surface area contributed by atoms with E-state index < -0.39 is 0 Å². The van der Waals surface area contributed by atoms with Gasteiger partial charge in [0.05, 0.1) is 0 Å². The Morgan fingerprint density at radius 3 is 2.50 bits per heavy atom. The van der Waals surface area contributed by atoms with E-state index in [0.29, 0.717) is 0 Å². The van der Waals surface area contributed by atoms with E-state index in [1.165, 1.54) is 12.8 Å². The van der Waals surface area contributed by atoms with Crippen LogP contribution in [0, 0.1) is 0 Å². The first-order valence-corrected chi connectivity index (χ1v) is 5.96. The van der Waals surface area contributed by atoms with Crippen LogP contribution in [0.25, 0.3) is 0 Å². The Hall–Kier alpha value is -0.280. The normalized spacial score (nSPS) is 22.5. The third kappa shape index (κ3) is 1.52. The minimum atomic E-state index is 0.0893. The van der Waals surface area contributed by atoms with Gasteiger partial charge in [0.1, 0.15) is 5.76 Å². The molecule has 1 aliphatic carbocycles. The maximum Gasteiger partial charge on any atom is 0.169 e. The molecule has 0 aliphatic heterocycles. The zero-order chi connectivity index (χ0) is 10.2. The second kappa shape index (κ2) is 3.70. The van der Waals surface area contributed by atoms with E-state index in [9.17, 15) is 0 Å². The zero-order valence-corrected chi connectivity index (χ0v) is 10.0. The van der Waals surface area contributed by atoms with Gasteiger partial charge in [-0.1, -0.05) is 12.8 Å². The van der Waals surface area contributed by atoms with Crippen molar-refractivity contribution in [3.8, 4) is 0 Å². The summed E-state index contributed by atoms with van der Waals surface area (Å²) in [7, 11) is 0. The summed E-state index contributed by atoms with van der Waals surface area (Å²) in [4.78, 5) is 0. The highest BCUT2D eigenvalue weighted by molar-refractivity contribution is 9.10. The van der Waals surface area contributed by atoms with Gasteiger partial charge in [-0.05, 0) is 47.8 Å². The van der Waals surface area contributed by atoms with Crippen LogP contribution in [-0.2, 0) is 5.41 Å². The van der Waals surface area contributed by atoms with E-state index in [2.05, 4.69) is 28.9 Å². The molecule has 0 aromatic carbocycles. The lowest BCUT2D eigenvalue weighted by molar-refractivity contribution is 0.291. The highest BCUT2D eigenvalue weighted by Gasteiger charge is 2.41. The van der Waals surface area contributed by atoms with Crippen molar-refractivity contribution in [3.05, 3.63) is 22.6 Å². The molecule has 1 aromatic rings. The largest absolute Gasteiger partial charge is 0.454 e. The molecule has 2 N–H and O–H groups in total. The van der Waals surface area contributed by atoms with Gasteiger partial charge in [-0.2, -0.15) is 0 Å². The molecule has 0 saturated heterocycles. The van der Waals surface area contributed by atoms with E-state index in [0.717, 1.165) is 23.3 Å². The van der Waals surface area contributed by atoms with Crippen LogP contribution in [0.4, 0.5) is 0 Å². The second-order valence-electron chi connectivity index (χ2n) is 4.26. The van der Waals surface area contributed by atoms with Crippen LogP contribution >= 0.6 is 15.9 Å². The van der Waals surface area contributed by atoms with Gasteiger partial charge in [0, 0.05) is 11.5 Å². The first-order valence-electron chi connectivity index (χ1n) is 5.16. The first kappa shape index (κ1) is 10.2. The van der Waals surface area contributed by atoms with Crippen molar-refractivity contribution in [1.82, 2.24) is 0 Å². The summed E-state index contributed by atoms with van der Waals surface area (Å²) in [5, 5.41) is 0. The van der Waals surface area contributed by atoms with Gasteiger partial charge in [0.25, 0.3) is 0 Å². The number of rotatable bonds is 2. The molecule has 1 unspecified atom stereocenters. The Labute approximate surface area is 93.0 Å². The van der Waals surface area contributed by atoms with Gasteiger partial charge in [-0.15, -0.1) is 0 Å². The molecular formula is C11H16BrNO. The molecule has 0 radical (unpaired) electrons. The Bertz CT molecular complexity index is 313. The van der Waals surface area contributed by atoms with Gasteiger partial charge in [0.2, 0.25) is 0 Å². The molecule has 0 spiro atoms. The molecule has 0 amide bonds. The van der Waals surface area contributed by atoms with Crippen molar-refractivity contribution in [1.29, 1.82) is 0 Å². The van der Waals surface area contributed by atoms with Crippen LogP contribution < -0.4 is 5.73 Å². The maximum absolute atomic E-state index is 6.10. The highest BCUT2D eigenvalue weighted by atomic mass is 79.9. The summed E-state index contributed by atoms with van der Waals surface area (Å²) >= 11 is 3.35. The van der Waals surface area contributed by atoms with Gasteiger partial charge in [-0.25, -0.2) is 0 Å². The monoisotopic (exact) mass is 257 g/mol. The van der Waals surface area contributed by atoms with Crippen LogP contribution in [0.1, 0.15) is 38.4 Å². The van der Waals surface area contributed by atoms with Gasteiger partial charge < -0.3 is 10.2 Å². The standard InChI is InChI=1S/C11H16BrNO/c1-8(13)11(6-2-3-7-11)9-4-5-10(12)14-9/h4-5,8H,2-3,6-7,13H2,1H3. The average Bonchev–Trinajstić information content (AvgIpc) is 2.71. The SMILES string of the molecule is CC(N)C1(c2ccc(Br)o2)CCCC1. The molecule has 1 aromatic heterocycles. The van der Waals surface area contributed by atoms with E-state index >= 15 is 0 Å². The number of halogens is 1.